The number of ether oxygens (including phenoxy) is 1. The SMILES string of the molecule is Cc1ccc(C)c(COc2cc(F)cc(CCl)c2)c1. The summed E-state index contributed by atoms with van der Waals surface area (Å²) in [4.78, 5) is 0. The average Bonchev–Trinajstić information content (AvgIpc) is 2.39. The van der Waals surface area contributed by atoms with Crippen molar-refractivity contribution < 1.29 is 9.13 Å². The van der Waals surface area contributed by atoms with Gasteiger partial charge in [-0.1, -0.05) is 23.8 Å². The molecular weight excluding hydrogens is 263 g/mol. The molecule has 2 aromatic carbocycles. The zero-order chi connectivity index (χ0) is 13.8. The predicted molar refractivity (Wildman–Crippen MR) is 76.2 cm³/mol. The van der Waals surface area contributed by atoms with E-state index in [1.807, 2.05) is 13.8 Å². The van der Waals surface area contributed by atoms with Crippen molar-refractivity contribution in [2.24, 2.45) is 0 Å². The molecule has 2 rings (SSSR count). The van der Waals surface area contributed by atoms with Gasteiger partial charge in [-0.3, -0.25) is 0 Å². The first-order valence-corrected chi connectivity index (χ1v) is 6.66. The van der Waals surface area contributed by atoms with Gasteiger partial charge in [0.2, 0.25) is 0 Å². The molecule has 0 aliphatic heterocycles. The highest BCUT2D eigenvalue weighted by molar-refractivity contribution is 6.17. The number of rotatable bonds is 4. The molecule has 0 amide bonds. The van der Waals surface area contributed by atoms with E-state index in [-0.39, 0.29) is 11.7 Å². The van der Waals surface area contributed by atoms with Gasteiger partial charge in [-0.2, -0.15) is 0 Å². The lowest BCUT2D eigenvalue weighted by Gasteiger charge is -2.10. The van der Waals surface area contributed by atoms with Crippen molar-refractivity contribution in [2.45, 2.75) is 26.3 Å². The van der Waals surface area contributed by atoms with Crippen molar-refractivity contribution in [1.29, 1.82) is 0 Å². The minimum Gasteiger partial charge on any atom is -0.489 e. The summed E-state index contributed by atoms with van der Waals surface area (Å²) < 4.78 is 19.0. The molecule has 0 aliphatic rings. The lowest BCUT2D eigenvalue weighted by molar-refractivity contribution is 0.303. The first-order valence-electron chi connectivity index (χ1n) is 6.13. The van der Waals surface area contributed by atoms with Gasteiger partial charge >= 0.3 is 0 Å². The fourth-order valence-corrected chi connectivity index (χ4v) is 2.05. The predicted octanol–water partition coefficient (Wildman–Crippen LogP) is 4.76. The number of hydrogen-bond acceptors (Lipinski definition) is 1. The Hall–Kier alpha value is -1.54. The topological polar surface area (TPSA) is 9.23 Å². The Morgan fingerprint density at radius 1 is 1.11 bits per heavy atom. The molecule has 0 spiro atoms. The lowest BCUT2D eigenvalue weighted by atomic mass is 10.1. The van der Waals surface area contributed by atoms with E-state index in [1.165, 1.54) is 23.3 Å². The summed E-state index contributed by atoms with van der Waals surface area (Å²) in [6.07, 6.45) is 0. The summed E-state index contributed by atoms with van der Waals surface area (Å²) in [6.45, 7) is 4.50. The molecule has 0 bridgehead atoms. The fourth-order valence-electron chi connectivity index (χ4n) is 1.90. The van der Waals surface area contributed by atoms with Gasteiger partial charge < -0.3 is 4.74 Å². The average molecular weight is 279 g/mol. The van der Waals surface area contributed by atoms with Crippen LogP contribution in [-0.2, 0) is 12.5 Å². The minimum absolute atomic E-state index is 0.275. The molecule has 0 saturated carbocycles. The number of alkyl halides is 1. The van der Waals surface area contributed by atoms with E-state index in [9.17, 15) is 4.39 Å². The summed E-state index contributed by atoms with van der Waals surface area (Å²) in [6, 6.07) is 10.8. The van der Waals surface area contributed by atoms with Gasteiger partial charge in [0.25, 0.3) is 0 Å². The van der Waals surface area contributed by atoms with Crippen LogP contribution in [0.3, 0.4) is 0 Å². The normalized spacial score (nSPS) is 10.5. The summed E-state index contributed by atoms with van der Waals surface area (Å²) in [7, 11) is 0. The van der Waals surface area contributed by atoms with Crippen LogP contribution in [0.4, 0.5) is 4.39 Å². The second-order valence-corrected chi connectivity index (χ2v) is 4.91. The van der Waals surface area contributed by atoms with Crippen LogP contribution in [0.15, 0.2) is 36.4 Å². The van der Waals surface area contributed by atoms with Crippen LogP contribution in [0.2, 0.25) is 0 Å². The summed E-state index contributed by atoms with van der Waals surface area (Å²) in [5.74, 6) is 0.461. The third-order valence-electron chi connectivity index (χ3n) is 2.98. The minimum atomic E-state index is -0.325. The molecule has 0 radical (unpaired) electrons. The van der Waals surface area contributed by atoms with Gasteiger partial charge in [0.1, 0.15) is 18.2 Å². The highest BCUT2D eigenvalue weighted by atomic mass is 35.5. The quantitative estimate of drug-likeness (QED) is 0.733. The van der Waals surface area contributed by atoms with Gasteiger partial charge in [-0.05, 0) is 42.7 Å². The van der Waals surface area contributed by atoms with Gasteiger partial charge in [-0.25, -0.2) is 4.39 Å². The van der Waals surface area contributed by atoms with E-state index in [4.69, 9.17) is 16.3 Å². The van der Waals surface area contributed by atoms with E-state index in [1.54, 1.807) is 6.07 Å². The van der Waals surface area contributed by atoms with Gasteiger partial charge in [0, 0.05) is 11.9 Å². The Balaban J connectivity index is 2.14. The molecule has 0 atom stereocenters. The molecule has 0 heterocycles. The molecule has 0 aliphatic carbocycles. The Morgan fingerprint density at radius 3 is 2.63 bits per heavy atom. The van der Waals surface area contributed by atoms with Gasteiger partial charge in [-0.15, -0.1) is 11.6 Å². The van der Waals surface area contributed by atoms with Crippen LogP contribution in [0.1, 0.15) is 22.3 Å². The van der Waals surface area contributed by atoms with Gasteiger partial charge in [0.15, 0.2) is 0 Å². The Morgan fingerprint density at radius 2 is 1.89 bits per heavy atom. The smallest absolute Gasteiger partial charge is 0.127 e. The third kappa shape index (κ3) is 3.71. The molecule has 0 N–H and O–H groups in total. The molecule has 19 heavy (non-hydrogen) atoms. The zero-order valence-electron chi connectivity index (χ0n) is 11.0. The summed E-state index contributed by atoms with van der Waals surface area (Å²) in [5.41, 5.74) is 4.18. The first kappa shape index (κ1) is 13.9. The van der Waals surface area contributed by atoms with Crippen molar-refractivity contribution in [1.82, 2.24) is 0 Å². The maximum atomic E-state index is 13.3. The Labute approximate surface area is 118 Å². The van der Waals surface area contributed by atoms with Crippen molar-refractivity contribution in [3.8, 4) is 5.75 Å². The first-order chi connectivity index (χ1) is 9.08. The molecule has 0 fully saturated rings. The molecular formula is C16H16ClFO. The maximum absolute atomic E-state index is 13.3. The fraction of sp³-hybridized carbons (Fsp3) is 0.250. The van der Waals surface area contributed by atoms with E-state index < -0.39 is 0 Å². The highest BCUT2D eigenvalue weighted by Gasteiger charge is 2.04. The standard InChI is InChI=1S/C16H16ClFO/c1-11-3-4-12(2)14(5-11)10-19-16-7-13(9-17)6-15(18)8-16/h3-8H,9-10H2,1-2H3. The van der Waals surface area contributed by atoms with Crippen LogP contribution in [0.25, 0.3) is 0 Å². The van der Waals surface area contributed by atoms with Crippen molar-refractivity contribution in [2.75, 3.05) is 0 Å². The maximum Gasteiger partial charge on any atom is 0.127 e. The number of hydrogen-bond donors (Lipinski definition) is 0. The number of benzene rings is 2. The summed E-state index contributed by atoms with van der Waals surface area (Å²) in [5, 5.41) is 0. The van der Waals surface area contributed by atoms with Crippen LogP contribution >= 0.6 is 11.6 Å². The largest absolute Gasteiger partial charge is 0.489 e. The third-order valence-corrected chi connectivity index (χ3v) is 3.29. The lowest BCUT2D eigenvalue weighted by Crippen LogP contribution is -1.99. The number of aryl methyl sites for hydroxylation is 2. The van der Waals surface area contributed by atoms with Crippen molar-refractivity contribution in [3.63, 3.8) is 0 Å². The second-order valence-electron chi connectivity index (χ2n) is 4.65. The highest BCUT2D eigenvalue weighted by Crippen LogP contribution is 2.20. The molecule has 100 valence electrons. The van der Waals surface area contributed by atoms with Crippen LogP contribution in [0.5, 0.6) is 5.75 Å². The van der Waals surface area contributed by atoms with Crippen LogP contribution in [-0.4, -0.2) is 0 Å². The molecule has 2 aromatic rings. The van der Waals surface area contributed by atoms with E-state index in [0.717, 1.165) is 11.1 Å². The zero-order valence-corrected chi connectivity index (χ0v) is 11.8. The van der Waals surface area contributed by atoms with Crippen molar-refractivity contribution >= 4 is 11.6 Å². The molecule has 0 aromatic heterocycles. The van der Waals surface area contributed by atoms with Gasteiger partial charge in [0.05, 0.1) is 0 Å². The summed E-state index contributed by atoms with van der Waals surface area (Å²) >= 11 is 5.71. The van der Waals surface area contributed by atoms with Crippen LogP contribution in [0, 0.1) is 19.7 Å². The van der Waals surface area contributed by atoms with E-state index >= 15 is 0 Å². The monoisotopic (exact) mass is 278 g/mol. The second kappa shape index (κ2) is 6.07. The van der Waals surface area contributed by atoms with Crippen LogP contribution < -0.4 is 4.74 Å². The van der Waals surface area contributed by atoms with E-state index in [2.05, 4.69) is 18.2 Å². The molecule has 3 heteroatoms. The Kier molecular flexibility index (Phi) is 4.43. The molecule has 0 unspecified atom stereocenters. The number of halogens is 2. The molecule has 0 saturated heterocycles. The Bertz CT molecular complexity index is 581. The van der Waals surface area contributed by atoms with E-state index in [0.29, 0.717) is 12.4 Å². The van der Waals surface area contributed by atoms with Crippen molar-refractivity contribution in [3.05, 3.63) is 64.5 Å². The molecule has 1 nitrogen and oxygen atoms in total.